The van der Waals surface area contributed by atoms with Crippen molar-refractivity contribution in [2.24, 2.45) is 0 Å². The van der Waals surface area contributed by atoms with Crippen LogP contribution in [0.5, 0.6) is 0 Å². The minimum absolute atomic E-state index is 0.726. The van der Waals surface area contributed by atoms with Crippen molar-refractivity contribution in [1.29, 1.82) is 0 Å². The molecule has 128 valence electrons. The van der Waals surface area contributed by atoms with E-state index in [1.807, 2.05) is 24.3 Å². The Morgan fingerprint density at radius 2 is 1.38 bits per heavy atom. The molecule has 0 aliphatic rings. The summed E-state index contributed by atoms with van der Waals surface area (Å²) in [5.41, 5.74) is 4.57. The molecule has 0 radical (unpaired) electrons. The minimum Gasteiger partial charge on any atom is -0.364 e. The van der Waals surface area contributed by atoms with E-state index in [-0.39, 0.29) is 0 Å². The Bertz CT molecular complexity index is 1010. The van der Waals surface area contributed by atoms with Gasteiger partial charge in [-0.05, 0) is 17.5 Å². The number of nitrogens with one attached hydrogen (secondary N) is 1. The Kier molecular flexibility index (Phi) is 4.61. The SMILES string of the molecule is CCc1ccc(-c2nnc(NCc3ccccc3)c3ccccc23)cc1. The third-order valence-electron chi connectivity index (χ3n) is 4.63. The number of fused-ring (bicyclic) bond motifs is 1. The van der Waals surface area contributed by atoms with Crippen LogP contribution in [0.4, 0.5) is 5.82 Å². The van der Waals surface area contributed by atoms with Crippen LogP contribution in [0.1, 0.15) is 18.1 Å². The topological polar surface area (TPSA) is 37.8 Å². The van der Waals surface area contributed by atoms with Gasteiger partial charge in [0, 0.05) is 22.9 Å². The van der Waals surface area contributed by atoms with E-state index in [1.54, 1.807) is 0 Å². The summed E-state index contributed by atoms with van der Waals surface area (Å²) in [6, 6.07) is 27.2. The second-order valence-electron chi connectivity index (χ2n) is 6.33. The van der Waals surface area contributed by atoms with E-state index < -0.39 is 0 Å². The number of aryl methyl sites for hydroxylation is 1. The number of rotatable bonds is 5. The van der Waals surface area contributed by atoms with Gasteiger partial charge in [0.1, 0.15) is 5.69 Å². The highest BCUT2D eigenvalue weighted by Gasteiger charge is 2.10. The summed E-state index contributed by atoms with van der Waals surface area (Å²) in [4.78, 5) is 0. The highest BCUT2D eigenvalue weighted by atomic mass is 15.2. The zero-order valence-corrected chi connectivity index (χ0v) is 14.8. The molecule has 3 heteroatoms. The van der Waals surface area contributed by atoms with Gasteiger partial charge in [-0.3, -0.25) is 0 Å². The number of aromatic nitrogens is 2. The van der Waals surface area contributed by atoms with Crippen LogP contribution >= 0.6 is 0 Å². The van der Waals surface area contributed by atoms with E-state index >= 15 is 0 Å². The van der Waals surface area contributed by atoms with E-state index in [0.29, 0.717) is 0 Å². The van der Waals surface area contributed by atoms with Gasteiger partial charge >= 0.3 is 0 Å². The van der Waals surface area contributed by atoms with Crippen LogP contribution < -0.4 is 5.32 Å². The average molecular weight is 339 g/mol. The Morgan fingerprint density at radius 1 is 0.692 bits per heavy atom. The Morgan fingerprint density at radius 3 is 2.12 bits per heavy atom. The second kappa shape index (κ2) is 7.36. The van der Waals surface area contributed by atoms with Crippen molar-refractivity contribution in [2.75, 3.05) is 5.32 Å². The van der Waals surface area contributed by atoms with Gasteiger partial charge in [0.15, 0.2) is 5.82 Å². The Balaban J connectivity index is 1.70. The monoisotopic (exact) mass is 339 g/mol. The molecule has 0 bridgehead atoms. The molecule has 0 aliphatic carbocycles. The molecule has 0 amide bonds. The number of anilines is 1. The highest BCUT2D eigenvalue weighted by molar-refractivity contribution is 6.00. The Labute approximate surface area is 153 Å². The number of hydrogen-bond acceptors (Lipinski definition) is 3. The maximum Gasteiger partial charge on any atom is 0.156 e. The van der Waals surface area contributed by atoms with E-state index in [0.717, 1.165) is 40.8 Å². The number of nitrogens with zero attached hydrogens (tertiary/aromatic N) is 2. The first kappa shape index (κ1) is 16.3. The van der Waals surface area contributed by atoms with Crippen molar-refractivity contribution in [2.45, 2.75) is 19.9 Å². The molecule has 4 aromatic rings. The summed E-state index contributed by atoms with van der Waals surface area (Å²) in [6.45, 7) is 2.89. The molecule has 1 heterocycles. The maximum atomic E-state index is 4.53. The largest absolute Gasteiger partial charge is 0.364 e. The van der Waals surface area contributed by atoms with Gasteiger partial charge in [-0.25, -0.2) is 0 Å². The molecule has 3 nitrogen and oxygen atoms in total. The first-order chi connectivity index (χ1) is 12.8. The quantitative estimate of drug-likeness (QED) is 0.524. The van der Waals surface area contributed by atoms with Crippen LogP contribution in [0.25, 0.3) is 22.0 Å². The fourth-order valence-corrected chi connectivity index (χ4v) is 3.13. The van der Waals surface area contributed by atoms with Crippen LogP contribution in [0.3, 0.4) is 0 Å². The van der Waals surface area contributed by atoms with Crippen molar-refractivity contribution in [3.05, 3.63) is 90.0 Å². The maximum absolute atomic E-state index is 4.53. The summed E-state index contributed by atoms with van der Waals surface area (Å²) >= 11 is 0. The molecule has 0 unspecified atom stereocenters. The Hall–Kier alpha value is -3.20. The van der Waals surface area contributed by atoms with Crippen molar-refractivity contribution in [1.82, 2.24) is 10.2 Å². The molecule has 4 rings (SSSR count). The van der Waals surface area contributed by atoms with Gasteiger partial charge in [-0.15, -0.1) is 10.2 Å². The molecular formula is C23H21N3. The van der Waals surface area contributed by atoms with Crippen LogP contribution in [0.2, 0.25) is 0 Å². The molecule has 0 spiro atoms. The van der Waals surface area contributed by atoms with E-state index in [1.165, 1.54) is 11.1 Å². The highest BCUT2D eigenvalue weighted by Crippen LogP contribution is 2.30. The van der Waals surface area contributed by atoms with Gasteiger partial charge in [-0.2, -0.15) is 0 Å². The van der Waals surface area contributed by atoms with E-state index in [4.69, 9.17) is 0 Å². The normalized spacial score (nSPS) is 10.8. The van der Waals surface area contributed by atoms with Gasteiger partial charge in [0.05, 0.1) is 0 Å². The average Bonchev–Trinajstić information content (AvgIpc) is 2.73. The zero-order valence-electron chi connectivity index (χ0n) is 14.8. The molecule has 0 fully saturated rings. The van der Waals surface area contributed by atoms with Crippen LogP contribution in [-0.4, -0.2) is 10.2 Å². The van der Waals surface area contributed by atoms with E-state index in [2.05, 4.69) is 77.0 Å². The van der Waals surface area contributed by atoms with Crippen LogP contribution in [-0.2, 0) is 13.0 Å². The third-order valence-corrected chi connectivity index (χ3v) is 4.63. The molecule has 1 aromatic heterocycles. The smallest absolute Gasteiger partial charge is 0.156 e. The second-order valence-corrected chi connectivity index (χ2v) is 6.33. The first-order valence-corrected chi connectivity index (χ1v) is 8.97. The number of hydrogen-bond donors (Lipinski definition) is 1. The number of benzene rings is 3. The summed E-state index contributed by atoms with van der Waals surface area (Å²) in [7, 11) is 0. The van der Waals surface area contributed by atoms with Crippen molar-refractivity contribution in [3.63, 3.8) is 0 Å². The molecular weight excluding hydrogens is 318 g/mol. The first-order valence-electron chi connectivity index (χ1n) is 8.97. The van der Waals surface area contributed by atoms with Gasteiger partial charge in [-0.1, -0.05) is 85.8 Å². The summed E-state index contributed by atoms with van der Waals surface area (Å²) in [6.07, 6.45) is 1.04. The van der Waals surface area contributed by atoms with Crippen LogP contribution in [0, 0.1) is 0 Å². The van der Waals surface area contributed by atoms with E-state index in [9.17, 15) is 0 Å². The summed E-state index contributed by atoms with van der Waals surface area (Å²) < 4.78 is 0. The summed E-state index contributed by atoms with van der Waals surface area (Å²) in [5, 5.41) is 14.6. The molecule has 26 heavy (non-hydrogen) atoms. The van der Waals surface area contributed by atoms with Crippen molar-refractivity contribution in [3.8, 4) is 11.3 Å². The van der Waals surface area contributed by atoms with Crippen molar-refractivity contribution < 1.29 is 0 Å². The molecule has 0 atom stereocenters. The van der Waals surface area contributed by atoms with Gasteiger partial charge in [0.2, 0.25) is 0 Å². The van der Waals surface area contributed by atoms with Gasteiger partial charge < -0.3 is 5.32 Å². The standard InChI is InChI=1S/C23H21N3/c1-2-17-12-14-19(15-13-17)22-20-10-6-7-11-21(20)23(26-25-22)24-16-18-8-4-3-5-9-18/h3-15H,2,16H2,1H3,(H,24,26). The molecule has 0 saturated heterocycles. The summed E-state index contributed by atoms with van der Waals surface area (Å²) in [5.74, 6) is 0.818. The molecule has 0 saturated carbocycles. The zero-order chi connectivity index (χ0) is 17.8. The predicted molar refractivity (Wildman–Crippen MR) is 108 cm³/mol. The molecule has 0 aliphatic heterocycles. The lowest BCUT2D eigenvalue weighted by atomic mass is 10.0. The van der Waals surface area contributed by atoms with Gasteiger partial charge in [0.25, 0.3) is 0 Å². The lowest BCUT2D eigenvalue weighted by molar-refractivity contribution is 1.02. The lowest BCUT2D eigenvalue weighted by Gasteiger charge is -2.11. The molecule has 1 N–H and O–H groups in total. The predicted octanol–water partition coefficient (Wildman–Crippen LogP) is 5.47. The fraction of sp³-hybridized carbons (Fsp3) is 0.130. The fourth-order valence-electron chi connectivity index (χ4n) is 3.13. The lowest BCUT2D eigenvalue weighted by Crippen LogP contribution is -2.04. The molecule has 3 aromatic carbocycles. The van der Waals surface area contributed by atoms with Crippen LogP contribution in [0.15, 0.2) is 78.9 Å². The van der Waals surface area contributed by atoms with Crippen molar-refractivity contribution >= 4 is 16.6 Å². The minimum atomic E-state index is 0.726. The third kappa shape index (κ3) is 3.29.